The van der Waals surface area contributed by atoms with Gasteiger partial charge in [-0.3, -0.25) is 9.59 Å². The van der Waals surface area contributed by atoms with Crippen molar-refractivity contribution in [3.63, 3.8) is 0 Å². The van der Waals surface area contributed by atoms with Crippen LogP contribution < -0.4 is 0 Å². The predicted molar refractivity (Wildman–Crippen MR) is 78.6 cm³/mol. The molecule has 1 aromatic rings. The third kappa shape index (κ3) is 7.60. The predicted octanol–water partition coefficient (Wildman–Crippen LogP) is 2.05. The van der Waals surface area contributed by atoms with E-state index in [1.165, 1.54) is 24.3 Å². The Balaban J connectivity index is 0.000000423. The van der Waals surface area contributed by atoms with Crippen molar-refractivity contribution in [2.45, 2.75) is 26.2 Å². The quantitative estimate of drug-likeness (QED) is 0.556. The van der Waals surface area contributed by atoms with E-state index in [4.69, 9.17) is 20.4 Å². The van der Waals surface area contributed by atoms with Crippen LogP contribution in [0, 0.1) is 5.92 Å². The van der Waals surface area contributed by atoms with E-state index < -0.39 is 29.8 Å². The maximum atomic E-state index is 10.3. The lowest BCUT2D eigenvalue weighted by Crippen LogP contribution is -2.22. The van der Waals surface area contributed by atoms with Gasteiger partial charge in [0.05, 0.1) is 11.1 Å². The van der Waals surface area contributed by atoms with E-state index in [2.05, 4.69) is 0 Å². The fourth-order valence-corrected chi connectivity index (χ4v) is 1.52. The molecule has 23 heavy (non-hydrogen) atoms. The molecule has 0 fully saturated rings. The summed E-state index contributed by atoms with van der Waals surface area (Å²) >= 11 is 0. The Morgan fingerprint density at radius 2 is 1.17 bits per heavy atom. The highest BCUT2D eigenvalue weighted by Crippen LogP contribution is 2.08. The van der Waals surface area contributed by atoms with Gasteiger partial charge < -0.3 is 20.4 Å². The number of rotatable bonds is 7. The molecule has 0 aliphatic rings. The lowest BCUT2D eigenvalue weighted by Gasteiger charge is -2.04. The molecule has 126 valence electrons. The number of carbonyl (C=O) groups is 4. The second-order valence-corrected chi connectivity index (χ2v) is 4.56. The Labute approximate surface area is 132 Å². The molecule has 0 spiro atoms. The van der Waals surface area contributed by atoms with Crippen molar-refractivity contribution in [1.82, 2.24) is 0 Å². The van der Waals surface area contributed by atoms with Gasteiger partial charge in [0.15, 0.2) is 5.92 Å². The van der Waals surface area contributed by atoms with Crippen LogP contribution in [-0.2, 0) is 9.59 Å². The normalized spacial score (nSPS) is 9.65. The molecule has 8 heteroatoms. The summed E-state index contributed by atoms with van der Waals surface area (Å²) in [5, 5.41) is 33.7. The first-order chi connectivity index (χ1) is 10.7. The molecule has 4 N–H and O–H groups in total. The Hall–Kier alpha value is -2.90. The van der Waals surface area contributed by atoms with Crippen molar-refractivity contribution in [2.75, 3.05) is 0 Å². The lowest BCUT2D eigenvalue weighted by molar-refractivity contribution is -0.154. The van der Waals surface area contributed by atoms with Gasteiger partial charge in [-0.25, -0.2) is 9.59 Å². The molecular weight excluding hydrogens is 308 g/mol. The van der Waals surface area contributed by atoms with Crippen LogP contribution in [0.25, 0.3) is 0 Å². The number of unbranched alkanes of at least 4 members (excludes halogenated alkanes) is 1. The number of carboxylic acid groups (broad SMARTS) is 4. The number of aromatic carboxylic acids is 2. The summed E-state index contributed by atoms with van der Waals surface area (Å²) in [6.07, 6.45) is 1.68. The van der Waals surface area contributed by atoms with Crippen molar-refractivity contribution >= 4 is 23.9 Å². The van der Waals surface area contributed by atoms with Crippen LogP contribution in [0.2, 0.25) is 0 Å². The van der Waals surface area contributed by atoms with Crippen LogP contribution in [0.15, 0.2) is 24.3 Å². The van der Waals surface area contributed by atoms with Crippen LogP contribution in [-0.4, -0.2) is 44.3 Å². The van der Waals surface area contributed by atoms with Crippen LogP contribution in [0.5, 0.6) is 0 Å². The highest BCUT2D eigenvalue weighted by molar-refractivity contribution is 5.93. The Kier molecular flexibility index (Phi) is 8.68. The highest BCUT2D eigenvalue weighted by Gasteiger charge is 2.24. The molecule has 0 unspecified atom stereocenters. The number of hydrogen-bond donors (Lipinski definition) is 4. The van der Waals surface area contributed by atoms with E-state index in [0.29, 0.717) is 6.42 Å². The first-order valence-corrected chi connectivity index (χ1v) is 6.72. The zero-order valence-electron chi connectivity index (χ0n) is 12.4. The van der Waals surface area contributed by atoms with E-state index in [1.807, 2.05) is 6.92 Å². The zero-order chi connectivity index (χ0) is 18.0. The van der Waals surface area contributed by atoms with Gasteiger partial charge in [0.25, 0.3) is 0 Å². The van der Waals surface area contributed by atoms with Gasteiger partial charge in [-0.05, 0) is 30.7 Å². The number of hydrogen-bond acceptors (Lipinski definition) is 4. The van der Waals surface area contributed by atoms with Crippen molar-refractivity contribution in [3.8, 4) is 0 Å². The van der Waals surface area contributed by atoms with Gasteiger partial charge in [0, 0.05) is 0 Å². The average molecular weight is 326 g/mol. The molecule has 0 radical (unpaired) electrons. The summed E-state index contributed by atoms with van der Waals surface area (Å²) in [5.41, 5.74) is 0.167. The number of aliphatic carboxylic acids is 2. The van der Waals surface area contributed by atoms with Gasteiger partial charge in [0.2, 0.25) is 0 Å². The average Bonchev–Trinajstić information content (AvgIpc) is 2.47. The fourth-order valence-electron chi connectivity index (χ4n) is 1.52. The van der Waals surface area contributed by atoms with Crippen LogP contribution in [0.3, 0.4) is 0 Å². The SMILES string of the molecule is CCCCC(C(=O)O)C(=O)O.O=C(O)c1ccc(C(=O)O)cc1. The van der Waals surface area contributed by atoms with E-state index in [9.17, 15) is 19.2 Å². The molecule has 1 rings (SSSR count). The first-order valence-electron chi connectivity index (χ1n) is 6.72. The minimum absolute atomic E-state index is 0.0833. The number of benzene rings is 1. The second-order valence-electron chi connectivity index (χ2n) is 4.56. The first kappa shape index (κ1) is 20.1. The Morgan fingerprint density at radius 1 is 0.826 bits per heavy atom. The summed E-state index contributed by atoms with van der Waals surface area (Å²) in [6.45, 7) is 1.89. The molecule has 0 atom stereocenters. The fraction of sp³-hybridized carbons (Fsp3) is 0.333. The van der Waals surface area contributed by atoms with Gasteiger partial charge in [-0.2, -0.15) is 0 Å². The third-order valence-electron chi connectivity index (χ3n) is 2.82. The van der Waals surface area contributed by atoms with Crippen molar-refractivity contribution < 1.29 is 39.6 Å². The van der Waals surface area contributed by atoms with E-state index in [0.717, 1.165) is 6.42 Å². The molecule has 0 saturated heterocycles. The van der Waals surface area contributed by atoms with Crippen molar-refractivity contribution in [3.05, 3.63) is 35.4 Å². The highest BCUT2D eigenvalue weighted by atomic mass is 16.4. The second kappa shape index (κ2) is 9.93. The molecule has 0 aliphatic carbocycles. The zero-order valence-corrected chi connectivity index (χ0v) is 12.4. The standard InChI is InChI=1S/C8H6O4.C7H12O4/c9-7(10)5-1-2-6(4-3-5)8(11)12;1-2-3-4-5(6(8)9)7(10)11/h1-4H,(H,9,10)(H,11,12);5H,2-4H2,1H3,(H,8,9)(H,10,11). The molecule has 0 bridgehead atoms. The van der Waals surface area contributed by atoms with E-state index in [-0.39, 0.29) is 17.5 Å². The number of carboxylic acids is 4. The molecular formula is C15H18O8. The van der Waals surface area contributed by atoms with Gasteiger partial charge in [0.1, 0.15) is 0 Å². The third-order valence-corrected chi connectivity index (χ3v) is 2.82. The topological polar surface area (TPSA) is 149 Å². The van der Waals surface area contributed by atoms with Crippen molar-refractivity contribution in [1.29, 1.82) is 0 Å². The van der Waals surface area contributed by atoms with Gasteiger partial charge >= 0.3 is 23.9 Å². The van der Waals surface area contributed by atoms with E-state index >= 15 is 0 Å². The molecule has 0 heterocycles. The molecule has 8 nitrogen and oxygen atoms in total. The van der Waals surface area contributed by atoms with Gasteiger partial charge in [-0.1, -0.05) is 19.8 Å². The summed E-state index contributed by atoms with van der Waals surface area (Å²) in [7, 11) is 0. The Morgan fingerprint density at radius 3 is 1.39 bits per heavy atom. The van der Waals surface area contributed by atoms with Crippen LogP contribution >= 0.6 is 0 Å². The lowest BCUT2D eigenvalue weighted by atomic mass is 10.0. The minimum atomic E-state index is -1.24. The largest absolute Gasteiger partial charge is 0.481 e. The summed E-state index contributed by atoms with van der Waals surface area (Å²) in [5.74, 6) is -5.84. The Bertz CT molecular complexity index is 514. The van der Waals surface area contributed by atoms with Crippen LogP contribution in [0.4, 0.5) is 0 Å². The van der Waals surface area contributed by atoms with Crippen LogP contribution in [0.1, 0.15) is 46.9 Å². The smallest absolute Gasteiger partial charge is 0.335 e. The minimum Gasteiger partial charge on any atom is -0.481 e. The van der Waals surface area contributed by atoms with Crippen molar-refractivity contribution in [2.24, 2.45) is 5.92 Å². The van der Waals surface area contributed by atoms with E-state index in [1.54, 1.807) is 0 Å². The molecule has 0 aliphatic heterocycles. The molecule has 0 amide bonds. The summed E-state index contributed by atoms with van der Waals surface area (Å²) in [4.78, 5) is 41.2. The molecule has 0 saturated carbocycles. The summed E-state index contributed by atoms with van der Waals surface area (Å²) in [6, 6.07) is 5.02. The molecule has 1 aromatic carbocycles. The van der Waals surface area contributed by atoms with Gasteiger partial charge in [-0.15, -0.1) is 0 Å². The summed E-state index contributed by atoms with van der Waals surface area (Å²) < 4.78 is 0. The maximum absolute atomic E-state index is 10.3. The molecule has 0 aromatic heterocycles. The monoisotopic (exact) mass is 326 g/mol. The maximum Gasteiger partial charge on any atom is 0.335 e.